The molecule has 0 aromatic rings. The maximum Gasteiger partial charge on any atom is 0.317 e. The molecular weight excluding hydrogens is 825 g/mol. The van der Waals surface area contributed by atoms with Gasteiger partial charge in [0.05, 0.1) is 49.4 Å². The summed E-state index contributed by atoms with van der Waals surface area (Å²) in [5.74, 6) is 0.0254. The van der Waals surface area contributed by atoms with E-state index in [1.54, 1.807) is 0 Å². The zero-order chi connectivity index (χ0) is 45.6. The van der Waals surface area contributed by atoms with Crippen molar-refractivity contribution in [3.8, 4) is 0 Å². The van der Waals surface area contributed by atoms with Crippen LogP contribution in [0.4, 0.5) is 0 Å². The number of aliphatic hydroxyl groups is 1. The number of aliphatic hydroxyl groups excluding tert-OH is 1. The number of carbonyl (C=O) groups excluding carboxylic acids is 5. The largest absolute Gasteiger partial charge is 0.465 e. The normalized spacial score (nSPS) is 47.4. The number of fused-ring (bicyclic) bond motifs is 8. The lowest BCUT2D eigenvalue weighted by molar-refractivity contribution is -0.179. The molecule has 10 rings (SSSR count). The van der Waals surface area contributed by atoms with Crippen LogP contribution in [0.2, 0.25) is 0 Å². The standard InChI is InChI=1S/C54H80O11/c1-7-28-9-8-10-30(15-28)23-61-25-63-52(59)49-38-21-39(48(49)51(58)62-24-35-17-29-11-12-31(35)16-29)47(45-33-14-13-32(18-33)44(45)43-27(3)50(57)64-53(43)60)46(38)42-26(2)34-19-36(37(42)20-34)40(55)22-41(56)65-54(4,5)6/h26-40,42-49,55H,7-25H2,1-6H3. The molecule has 9 aliphatic carbocycles. The number of cyclic esters (lactones) is 2. The van der Waals surface area contributed by atoms with Crippen molar-refractivity contribution in [3.63, 3.8) is 0 Å². The van der Waals surface area contributed by atoms with Gasteiger partial charge in [0.15, 0.2) is 6.79 Å². The van der Waals surface area contributed by atoms with E-state index in [4.69, 9.17) is 23.7 Å². The van der Waals surface area contributed by atoms with Crippen molar-refractivity contribution in [2.45, 2.75) is 156 Å². The second-order valence-electron chi connectivity index (χ2n) is 25.0. The fourth-order valence-corrected chi connectivity index (χ4v) is 18.5. The van der Waals surface area contributed by atoms with Gasteiger partial charge in [-0.2, -0.15) is 0 Å². The van der Waals surface area contributed by atoms with Crippen LogP contribution in [0.5, 0.6) is 0 Å². The third-order valence-corrected chi connectivity index (χ3v) is 20.8. The smallest absolute Gasteiger partial charge is 0.317 e. The summed E-state index contributed by atoms with van der Waals surface area (Å²) in [6.07, 6.45) is 15.4. The predicted octanol–water partition coefficient (Wildman–Crippen LogP) is 8.81. The minimum Gasteiger partial charge on any atom is -0.465 e. The van der Waals surface area contributed by atoms with Gasteiger partial charge in [0.2, 0.25) is 0 Å². The molecule has 10 fully saturated rings. The number of esters is 5. The fourth-order valence-electron chi connectivity index (χ4n) is 18.5. The molecular formula is C54H80O11. The predicted molar refractivity (Wildman–Crippen MR) is 238 cm³/mol. The maximum atomic E-state index is 15.0. The second kappa shape index (κ2) is 18.1. The Morgan fingerprint density at radius 3 is 2.03 bits per heavy atom. The van der Waals surface area contributed by atoms with Crippen molar-refractivity contribution in [1.29, 1.82) is 0 Å². The Bertz CT molecular complexity index is 1820. The Kier molecular flexibility index (Phi) is 12.9. The minimum atomic E-state index is -0.842. The molecule has 1 saturated heterocycles. The molecule has 362 valence electrons. The molecule has 0 spiro atoms. The van der Waals surface area contributed by atoms with Gasteiger partial charge in [0, 0.05) is 0 Å². The van der Waals surface area contributed by atoms with E-state index in [1.807, 2.05) is 27.7 Å². The summed E-state index contributed by atoms with van der Waals surface area (Å²) in [6.45, 7) is 12.8. The molecule has 1 heterocycles. The highest BCUT2D eigenvalue weighted by atomic mass is 16.7. The van der Waals surface area contributed by atoms with E-state index < -0.39 is 53.3 Å². The van der Waals surface area contributed by atoms with Crippen LogP contribution < -0.4 is 0 Å². The summed E-state index contributed by atoms with van der Waals surface area (Å²) in [7, 11) is 0. The van der Waals surface area contributed by atoms with Gasteiger partial charge in [-0.3, -0.25) is 24.0 Å². The van der Waals surface area contributed by atoms with Gasteiger partial charge in [0.25, 0.3) is 0 Å². The molecule has 65 heavy (non-hydrogen) atoms. The summed E-state index contributed by atoms with van der Waals surface area (Å²) in [4.78, 5) is 69.9. The number of ether oxygens (including phenoxy) is 5. The van der Waals surface area contributed by atoms with Crippen molar-refractivity contribution in [1.82, 2.24) is 0 Å². The molecule has 0 amide bonds. The average Bonchev–Trinajstić information content (AvgIpc) is 4.14. The van der Waals surface area contributed by atoms with Gasteiger partial charge in [-0.05, 0) is 198 Å². The topological polar surface area (TPSA) is 152 Å². The Morgan fingerprint density at radius 1 is 0.692 bits per heavy atom. The molecule has 1 aliphatic heterocycles. The van der Waals surface area contributed by atoms with Crippen LogP contribution in [-0.2, 0) is 47.7 Å². The third kappa shape index (κ3) is 8.44. The summed E-state index contributed by atoms with van der Waals surface area (Å²) >= 11 is 0. The van der Waals surface area contributed by atoms with Gasteiger partial charge < -0.3 is 28.8 Å². The lowest BCUT2D eigenvalue weighted by atomic mass is 9.52. The summed E-state index contributed by atoms with van der Waals surface area (Å²) in [6, 6.07) is 0. The first-order valence-electron chi connectivity index (χ1n) is 26.7. The molecule has 10 aliphatic rings. The highest BCUT2D eigenvalue weighted by Crippen LogP contribution is 2.73. The maximum absolute atomic E-state index is 15.0. The first-order chi connectivity index (χ1) is 31.1. The first kappa shape index (κ1) is 46.2. The van der Waals surface area contributed by atoms with Crippen LogP contribution in [-0.4, -0.2) is 66.7 Å². The van der Waals surface area contributed by atoms with Gasteiger partial charge in [0.1, 0.15) is 5.60 Å². The molecule has 1 N–H and O–H groups in total. The molecule has 11 nitrogen and oxygen atoms in total. The first-order valence-corrected chi connectivity index (χ1v) is 26.7. The summed E-state index contributed by atoms with van der Waals surface area (Å²) in [5.41, 5.74) is -0.652. The van der Waals surface area contributed by atoms with Crippen LogP contribution in [0.1, 0.15) is 144 Å². The fraction of sp³-hybridized carbons (Fsp3) is 0.907. The van der Waals surface area contributed by atoms with Crippen molar-refractivity contribution in [3.05, 3.63) is 0 Å². The Labute approximate surface area is 387 Å². The van der Waals surface area contributed by atoms with Gasteiger partial charge in [-0.15, -0.1) is 0 Å². The molecule has 0 aromatic heterocycles. The third-order valence-electron chi connectivity index (χ3n) is 20.8. The van der Waals surface area contributed by atoms with E-state index >= 15 is 4.79 Å². The zero-order valence-corrected chi connectivity index (χ0v) is 40.2. The molecule has 0 aromatic carbocycles. The Hall–Kier alpha value is -2.53. The number of hydrogen-bond acceptors (Lipinski definition) is 11. The minimum absolute atomic E-state index is 0.0320. The van der Waals surface area contributed by atoms with Crippen molar-refractivity contribution in [2.24, 2.45) is 130 Å². The molecule has 8 bridgehead atoms. The zero-order valence-electron chi connectivity index (χ0n) is 40.2. The highest BCUT2D eigenvalue weighted by Gasteiger charge is 2.72. The van der Waals surface area contributed by atoms with E-state index in [9.17, 15) is 24.3 Å². The van der Waals surface area contributed by atoms with E-state index in [0.717, 1.165) is 57.3 Å². The van der Waals surface area contributed by atoms with Crippen LogP contribution in [0.15, 0.2) is 0 Å². The van der Waals surface area contributed by atoms with E-state index in [-0.39, 0.29) is 78.4 Å². The molecule has 23 atom stereocenters. The average molecular weight is 905 g/mol. The highest BCUT2D eigenvalue weighted by molar-refractivity contribution is 5.96. The molecule has 0 radical (unpaired) electrons. The van der Waals surface area contributed by atoms with E-state index in [2.05, 4.69) is 13.8 Å². The van der Waals surface area contributed by atoms with E-state index in [1.165, 1.54) is 38.5 Å². The van der Waals surface area contributed by atoms with Crippen LogP contribution in [0.25, 0.3) is 0 Å². The number of rotatable bonds is 15. The Balaban J connectivity index is 0.973. The summed E-state index contributed by atoms with van der Waals surface area (Å²) in [5, 5.41) is 11.9. The van der Waals surface area contributed by atoms with Crippen LogP contribution in [0.3, 0.4) is 0 Å². The number of hydrogen-bond donors (Lipinski definition) is 1. The van der Waals surface area contributed by atoms with Gasteiger partial charge in [-0.1, -0.05) is 46.5 Å². The SMILES string of the molecule is CCC1CCCC(COCOC(=O)C2C3CC(C2C(=O)OCC2CC4CCC2C4)C(C2C4CCC(C4)C2C2C(=O)OC(=O)C2C)C3C2C(C)C3CC(C(O)CC(=O)OC(C)(C)C)C2C3)C1. The second-order valence-corrected chi connectivity index (χ2v) is 25.0. The number of carbonyl (C=O) groups is 5. The lowest BCUT2D eigenvalue weighted by Crippen LogP contribution is -2.53. The molecule has 11 heteroatoms. The van der Waals surface area contributed by atoms with Gasteiger partial charge >= 0.3 is 29.8 Å². The summed E-state index contributed by atoms with van der Waals surface area (Å²) < 4.78 is 29.8. The van der Waals surface area contributed by atoms with E-state index in [0.29, 0.717) is 67.0 Å². The quantitative estimate of drug-likeness (QED) is 0.0552. The Morgan fingerprint density at radius 2 is 1.38 bits per heavy atom. The van der Waals surface area contributed by atoms with Gasteiger partial charge in [-0.25, -0.2) is 0 Å². The molecule has 9 saturated carbocycles. The lowest BCUT2D eigenvalue weighted by Gasteiger charge is -2.52. The van der Waals surface area contributed by atoms with Crippen molar-refractivity contribution < 1.29 is 52.8 Å². The van der Waals surface area contributed by atoms with Crippen LogP contribution in [0, 0.1) is 130 Å². The van der Waals surface area contributed by atoms with Crippen LogP contribution >= 0.6 is 0 Å². The van der Waals surface area contributed by atoms with Crippen molar-refractivity contribution in [2.75, 3.05) is 20.0 Å². The monoisotopic (exact) mass is 905 g/mol. The molecule has 23 unspecified atom stereocenters. The van der Waals surface area contributed by atoms with Crippen molar-refractivity contribution >= 4 is 29.8 Å².